The predicted molar refractivity (Wildman–Crippen MR) is 51.4 cm³/mol. The molecule has 0 aromatic carbocycles. The van der Waals surface area contributed by atoms with Gasteiger partial charge in [-0.25, -0.2) is 5.32 Å². The molecule has 1 aromatic heterocycles. The standard InChI is InChI=1S/C10H14N3/c1-2-4-12-10(3-1)9-13-7-5-11-6-8-13/h1-4H,5-9H2. The summed E-state index contributed by atoms with van der Waals surface area (Å²) in [7, 11) is 0. The lowest BCUT2D eigenvalue weighted by Crippen LogP contribution is -2.39. The summed E-state index contributed by atoms with van der Waals surface area (Å²) in [4.78, 5) is 6.70. The highest BCUT2D eigenvalue weighted by atomic mass is 15.2. The molecule has 0 aliphatic carbocycles. The van der Waals surface area contributed by atoms with Crippen LogP contribution in [0.2, 0.25) is 0 Å². The Labute approximate surface area is 78.8 Å². The van der Waals surface area contributed by atoms with Gasteiger partial charge in [0.15, 0.2) is 0 Å². The van der Waals surface area contributed by atoms with Crippen LogP contribution >= 0.6 is 0 Å². The second-order valence-electron chi connectivity index (χ2n) is 3.27. The Balaban J connectivity index is 1.90. The van der Waals surface area contributed by atoms with Crippen molar-refractivity contribution in [1.82, 2.24) is 15.2 Å². The molecular weight excluding hydrogens is 162 g/mol. The molecule has 0 N–H and O–H groups in total. The largest absolute Gasteiger partial charge is 0.295 e. The molecule has 0 spiro atoms. The molecule has 1 radical (unpaired) electrons. The Morgan fingerprint density at radius 2 is 2.08 bits per heavy atom. The Hall–Kier alpha value is -0.930. The molecule has 0 unspecified atom stereocenters. The lowest BCUT2D eigenvalue weighted by atomic mass is 10.3. The molecule has 0 bridgehead atoms. The molecule has 3 nitrogen and oxygen atoms in total. The van der Waals surface area contributed by atoms with Gasteiger partial charge in [0.2, 0.25) is 0 Å². The predicted octanol–water partition coefficient (Wildman–Crippen LogP) is 0.502. The van der Waals surface area contributed by atoms with Crippen LogP contribution in [-0.4, -0.2) is 36.1 Å². The molecule has 2 rings (SSSR count). The molecule has 1 aromatic rings. The van der Waals surface area contributed by atoms with Crippen LogP contribution in [-0.2, 0) is 6.54 Å². The van der Waals surface area contributed by atoms with Gasteiger partial charge in [0, 0.05) is 38.9 Å². The highest BCUT2D eigenvalue weighted by Crippen LogP contribution is 2.01. The van der Waals surface area contributed by atoms with Gasteiger partial charge >= 0.3 is 0 Å². The molecule has 69 valence electrons. The van der Waals surface area contributed by atoms with Crippen molar-refractivity contribution in [3.05, 3.63) is 30.1 Å². The maximum absolute atomic E-state index is 4.31. The number of rotatable bonds is 2. The van der Waals surface area contributed by atoms with Crippen molar-refractivity contribution >= 4 is 0 Å². The zero-order valence-corrected chi connectivity index (χ0v) is 7.69. The monoisotopic (exact) mass is 176 g/mol. The van der Waals surface area contributed by atoms with E-state index in [-0.39, 0.29) is 0 Å². The van der Waals surface area contributed by atoms with Crippen molar-refractivity contribution in [3.63, 3.8) is 0 Å². The Morgan fingerprint density at radius 1 is 1.23 bits per heavy atom. The third-order valence-electron chi connectivity index (χ3n) is 2.26. The van der Waals surface area contributed by atoms with Crippen LogP contribution in [0.1, 0.15) is 5.69 Å². The highest BCUT2D eigenvalue weighted by molar-refractivity contribution is 5.03. The molecule has 0 atom stereocenters. The smallest absolute Gasteiger partial charge is 0.0543 e. The first-order valence-electron chi connectivity index (χ1n) is 4.71. The van der Waals surface area contributed by atoms with Crippen molar-refractivity contribution in [2.45, 2.75) is 6.54 Å². The molecule has 0 amide bonds. The first-order chi connectivity index (χ1) is 6.45. The van der Waals surface area contributed by atoms with E-state index in [4.69, 9.17) is 0 Å². The van der Waals surface area contributed by atoms with Gasteiger partial charge in [-0.2, -0.15) is 0 Å². The van der Waals surface area contributed by atoms with Gasteiger partial charge in [0.25, 0.3) is 0 Å². The highest BCUT2D eigenvalue weighted by Gasteiger charge is 2.10. The second-order valence-corrected chi connectivity index (χ2v) is 3.27. The van der Waals surface area contributed by atoms with E-state index in [1.54, 1.807) is 0 Å². The van der Waals surface area contributed by atoms with Crippen LogP contribution in [0.4, 0.5) is 0 Å². The van der Waals surface area contributed by atoms with E-state index in [2.05, 4.69) is 21.3 Å². The van der Waals surface area contributed by atoms with Crippen molar-refractivity contribution in [2.24, 2.45) is 0 Å². The van der Waals surface area contributed by atoms with Gasteiger partial charge in [-0.3, -0.25) is 9.88 Å². The topological polar surface area (TPSA) is 30.2 Å². The van der Waals surface area contributed by atoms with E-state index in [1.807, 2.05) is 18.3 Å². The van der Waals surface area contributed by atoms with Crippen molar-refractivity contribution < 1.29 is 0 Å². The van der Waals surface area contributed by atoms with E-state index in [0.29, 0.717) is 0 Å². The molecule has 2 heterocycles. The summed E-state index contributed by atoms with van der Waals surface area (Å²) in [5, 5.41) is 4.31. The van der Waals surface area contributed by atoms with Gasteiger partial charge in [-0.05, 0) is 12.1 Å². The maximum Gasteiger partial charge on any atom is 0.0543 e. The van der Waals surface area contributed by atoms with Gasteiger partial charge in [-0.1, -0.05) is 6.07 Å². The molecule has 13 heavy (non-hydrogen) atoms. The lowest BCUT2D eigenvalue weighted by Gasteiger charge is -2.25. The van der Waals surface area contributed by atoms with Crippen LogP contribution in [0.3, 0.4) is 0 Å². The molecule has 1 aliphatic rings. The fourth-order valence-corrected chi connectivity index (χ4v) is 1.53. The number of hydrogen-bond donors (Lipinski definition) is 0. The quantitative estimate of drug-likeness (QED) is 0.657. The summed E-state index contributed by atoms with van der Waals surface area (Å²) in [5.41, 5.74) is 1.16. The molecular formula is C10H14N3. The molecule has 1 aliphatic heterocycles. The van der Waals surface area contributed by atoms with Gasteiger partial charge in [0.1, 0.15) is 0 Å². The Bertz CT molecular complexity index is 242. The van der Waals surface area contributed by atoms with Crippen molar-refractivity contribution in [3.8, 4) is 0 Å². The third-order valence-corrected chi connectivity index (χ3v) is 2.26. The Kier molecular flexibility index (Phi) is 2.90. The Morgan fingerprint density at radius 3 is 2.77 bits per heavy atom. The third kappa shape index (κ3) is 2.50. The summed E-state index contributed by atoms with van der Waals surface area (Å²) < 4.78 is 0. The number of hydrogen-bond acceptors (Lipinski definition) is 2. The number of nitrogens with zero attached hydrogens (tertiary/aromatic N) is 3. The molecule has 3 heteroatoms. The number of piperazine rings is 1. The van der Waals surface area contributed by atoms with Crippen LogP contribution in [0.5, 0.6) is 0 Å². The summed E-state index contributed by atoms with van der Waals surface area (Å²) in [6.07, 6.45) is 1.85. The summed E-state index contributed by atoms with van der Waals surface area (Å²) >= 11 is 0. The lowest BCUT2D eigenvalue weighted by molar-refractivity contribution is 0.228. The van der Waals surface area contributed by atoms with Gasteiger partial charge < -0.3 is 0 Å². The molecule has 1 saturated heterocycles. The SMILES string of the molecule is c1ccc(CN2CC[N]CC2)nc1. The van der Waals surface area contributed by atoms with Crippen LogP contribution in [0, 0.1) is 0 Å². The molecule has 0 saturated carbocycles. The minimum Gasteiger partial charge on any atom is -0.295 e. The van der Waals surface area contributed by atoms with Crippen LogP contribution in [0.25, 0.3) is 0 Å². The van der Waals surface area contributed by atoms with E-state index >= 15 is 0 Å². The van der Waals surface area contributed by atoms with Gasteiger partial charge in [-0.15, -0.1) is 0 Å². The van der Waals surface area contributed by atoms with E-state index < -0.39 is 0 Å². The maximum atomic E-state index is 4.31. The van der Waals surface area contributed by atoms with Crippen molar-refractivity contribution in [1.29, 1.82) is 0 Å². The zero-order chi connectivity index (χ0) is 8.93. The van der Waals surface area contributed by atoms with Crippen LogP contribution < -0.4 is 5.32 Å². The second kappa shape index (κ2) is 4.35. The summed E-state index contributed by atoms with van der Waals surface area (Å²) in [5.74, 6) is 0. The van der Waals surface area contributed by atoms with Gasteiger partial charge in [0.05, 0.1) is 5.69 Å². The van der Waals surface area contributed by atoms with E-state index in [1.165, 1.54) is 0 Å². The average Bonchev–Trinajstić information content (AvgIpc) is 2.21. The zero-order valence-electron chi connectivity index (χ0n) is 7.69. The van der Waals surface area contributed by atoms with E-state index in [0.717, 1.165) is 38.4 Å². The minimum absolute atomic E-state index is 0.969. The average molecular weight is 176 g/mol. The first kappa shape index (κ1) is 8.66. The number of pyridine rings is 1. The number of aromatic nitrogens is 1. The van der Waals surface area contributed by atoms with Crippen LogP contribution in [0.15, 0.2) is 24.4 Å². The molecule has 1 fully saturated rings. The first-order valence-corrected chi connectivity index (χ1v) is 4.71. The fraction of sp³-hybridized carbons (Fsp3) is 0.500. The fourth-order valence-electron chi connectivity index (χ4n) is 1.53. The normalized spacial score (nSPS) is 18.8. The summed E-state index contributed by atoms with van der Waals surface area (Å²) in [6.45, 7) is 5.09. The minimum atomic E-state index is 0.969. The summed E-state index contributed by atoms with van der Waals surface area (Å²) in [6, 6.07) is 6.07. The van der Waals surface area contributed by atoms with Crippen molar-refractivity contribution in [2.75, 3.05) is 26.2 Å². The van der Waals surface area contributed by atoms with E-state index in [9.17, 15) is 0 Å².